The number of carbonyl (C=O) groups excluding carboxylic acids is 1. The average Bonchev–Trinajstić information content (AvgIpc) is 1.78. The summed E-state index contributed by atoms with van der Waals surface area (Å²) in [7, 11) is 0. The molecule has 0 aliphatic heterocycles. The number of hydrogen-bond donors (Lipinski definition) is 1. The third-order valence-electron chi connectivity index (χ3n) is 1.06. The third kappa shape index (κ3) is 5.13. The molecular formula is C9H19NO2. The molecule has 72 valence electrons. The van der Waals surface area contributed by atoms with Gasteiger partial charge in [-0.25, -0.2) is 4.79 Å². The molecule has 3 nitrogen and oxygen atoms in total. The van der Waals surface area contributed by atoms with Crippen molar-refractivity contribution in [3.8, 4) is 0 Å². The van der Waals surface area contributed by atoms with E-state index in [2.05, 4.69) is 5.48 Å². The summed E-state index contributed by atoms with van der Waals surface area (Å²) in [4.78, 5) is 16.1. The topological polar surface area (TPSA) is 38.3 Å². The molecule has 0 unspecified atom stereocenters. The number of nitrogens with one attached hydrogen (secondary N) is 1. The predicted molar refractivity (Wildman–Crippen MR) is 48.4 cm³/mol. The van der Waals surface area contributed by atoms with E-state index < -0.39 is 5.41 Å². The molecule has 0 aromatic heterocycles. The zero-order chi connectivity index (χ0) is 9.99. The van der Waals surface area contributed by atoms with Crippen LogP contribution in [0.25, 0.3) is 0 Å². The van der Waals surface area contributed by atoms with Gasteiger partial charge in [0, 0.05) is 5.54 Å². The van der Waals surface area contributed by atoms with Gasteiger partial charge in [-0.2, -0.15) is 0 Å². The lowest BCUT2D eigenvalue weighted by Crippen LogP contribution is -2.40. The van der Waals surface area contributed by atoms with Crippen LogP contribution in [0.2, 0.25) is 0 Å². The van der Waals surface area contributed by atoms with Crippen molar-refractivity contribution in [2.24, 2.45) is 5.41 Å². The number of hydrogen-bond acceptors (Lipinski definition) is 3. The minimum Gasteiger partial charge on any atom is -0.370 e. The van der Waals surface area contributed by atoms with Gasteiger partial charge in [-0.05, 0) is 41.5 Å². The van der Waals surface area contributed by atoms with Gasteiger partial charge in [-0.15, -0.1) is 5.48 Å². The monoisotopic (exact) mass is 173 g/mol. The van der Waals surface area contributed by atoms with Crippen LogP contribution in [0.4, 0.5) is 0 Å². The van der Waals surface area contributed by atoms with Gasteiger partial charge in [0.1, 0.15) is 0 Å². The molecule has 0 aliphatic rings. The Morgan fingerprint density at radius 2 is 1.50 bits per heavy atom. The Morgan fingerprint density at radius 3 is 1.75 bits per heavy atom. The van der Waals surface area contributed by atoms with E-state index in [1.807, 2.05) is 41.5 Å². The molecule has 0 atom stereocenters. The van der Waals surface area contributed by atoms with Crippen molar-refractivity contribution in [1.82, 2.24) is 5.48 Å². The minimum atomic E-state index is -0.446. The molecule has 0 spiro atoms. The maximum atomic E-state index is 11.2. The Labute approximate surface area is 74.4 Å². The van der Waals surface area contributed by atoms with Crippen LogP contribution in [0.3, 0.4) is 0 Å². The maximum Gasteiger partial charge on any atom is 0.330 e. The lowest BCUT2D eigenvalue weighted by Gasteiger charge is -2.23. The van der Waals surface area contributed by atoms with Crippen LogP contribution in [-0.2, 0) is 9.63 Å². The van der Waals surface area contributed by atoms with Crippen LogP contribution < -0.4 is 5.48 Å². The van der Waals surface area contributed by atoms with E-state index in [9.17, 15) is 4.79 Å². The SMILES string of the molecule is CC(C)(C)NOC(=O)C(C)(C)C. The van der Waals surface area contributed by atoms with E-state index in [4.69, 9.17) is 4.84 Å². The van der Waals surface area contributed by atoms with Crippen LogP contribution >= 0.6 is 0 Å². The normalized spacial score (nSPS) is 12.8. The second-order valence-corrected chi connectivity index (χ2v) is 4.99. The molecule has 12 heavy (non-hydrogen) atoms. The van der Waals surface area contributed by atoms with E-state index in [1.165, 1.54) is 0 Å². The predicted octanol–water partition coefficient (Wildman–Crippen LogP) is 1.88. The molecule has 0 amide bonds. The van der Waals surface area contributed by atoms with Gasteiger partial charge < -0.3 is 4.84 Å². The molecule has 0 heterocycles. The van der Waals surface area contributed by atoms with Crippen molar-refractivity contribution in [3.05, 3.63) is 0 Å². The Kier molecular flexibility index (Phi) is 3.27. The summed E-state index contributed by atoms with van der Waals surface area (Å²) in [6.07, 6.45) is 0. The molecule has 0 saturated heterocycles. The fourth-order valence-corrected chi connectivity index (χ4v) is 0.353. The van der Waals surface area contributed by atoms with Crippen molar-refractivity contribution >= 4 is 5.97 Å². The van der Waals surface area contributed by atoms with E-state index in [0.717, 1.165) is 0 Å². The van der Waals surface area contributed by atoms with Crippen LogP contribution in [0.1, 0.15) is 41.5 Å². The molecular weight excluding hydrogens is 154 g/mol. The standard InChI is InChI=1S/C9H19NO2/c1-8(2,3)7(11)12-10-9(4,5)6/h10H,1-6H3. The van der Waals surface area contributed by atoms with Gasteiger partial charge in [0.25, 0.3) is 0 Å². The van der Waals surface area contributed by atoms with Crippen molar-refractivity contribution in [2.75, 3.05) is 0 Å². The second-order valence-electron chi connectivity index (χ2n) is 4.99. The molecule has 0 saturated carbocycles. The molecule has 0 aromatic carbocycles. The van der Waals surface area contributed by atoms with E-state index in [-0.39, 0.29) is 11.5 Å². The highest BCUT2D eigenvalue weighted by atomic mass is 16.7. The first-order chi connectivity index (χ1) is 5.13. The largest absolute Gasteiger partial charge is 0.370 e. The molecule has 0 radical (unpaired) electrons. The van der Waals surface area contributed by atoms with Gasteiger partial charge in [-0.3, -0.25) is 0 Å². The molecule has 0 aromatic rings. The highest BCUT2D eigenvalue weighted by molar-refractivity contribution is 5.75. The number of rotatable bonds is 1. The van der Waals surface area contributed by atoms with Crippen LogP contribution in [0.15, 0.2) is 0 Å². The van der Waals surface area contributed by atoms with Gasteiger partial charge >= 0.3 is 5.97 Å². The number of hydroxylamine groups is 1. The summed E-state index contributed by atoms with van der Waals surface area (Å²) in [6.45, 7) is 11.3. The summed E-state index contributed by atoms with van der Waals surface area (Å²) in [5.74, 6) is -0.238. The summed E-state index contributed by atoms with van der Waals surface area (Å²) in [5.41, 5.74) is 2.04. The third-order valence-corrected chi connectivity index (χ3v) is 1.06. The van der Waals surface area contributed by atoms with Crippen molar-refractivity contribution in [3.63, 3.8) is 0 Å². The van der Waals surface area contributed by atoms with Crippen molar-refractivity contribution in [1.29, 1.82) is 0 Å². The maximum absolute atomic E-state index is 11.2. The van der Waals surface area contributed by atoms with Crippen molar-refractivity contribution < 1.29 is 9.63 Å². The van der Waals surface area contributed by atoms with E-state index >= 15 is 0 Å². The lowest BCUT2D eigenvalue weighted by atomic mass is 9.98. The highest BCUT2D eigenvalue weighted by Gasteiger charge is 2.24. The first-order valence-electron chi connectivity index (χ1n) is 4.11. The van der Waals surface area contributed by atoms with E-state index in [1.54, 1.807) is 0 Å². The smallest absolute Gasteiger partial charge is 0.330 e. The first-order valence-corrected chi connectivity index (χ1v) is 4.11. The number of carbonyl (C=O) groups is 1. The molecule has 0 rings (SSSR count). The molecule has 0 fully saturated rings. The van der Waals surface area contributed by atoms with Crippen LogP contribution in [-0.4, -0.2) is 11.5 Å². The Bertz CT molecular complexity index is 162. The van der Waals surface area contributed by atoms with E-state index in [0.29, 0.717) is 0 Å². The fraction of sp³-hybridized carbons (Fsp3) is 0.889. The lowest BCUT2D eigenvalue weighted by molar-refractivity contribution is -0.164. The average molecular weight is 173 g/mol. The Hall–Kier alpha value is -0.570. The Morgan fingerprint density at radius 1 is 1.08 bits per heavy atom. The molecule has 0 aliphatic carbocycles. The second kappa shape index (κ2) is 3.44. The Balaban J connectivity index is 3.90. The molecule has 0 bridgehead atoms. The van der Waals surface area contributed by atoms with Gasteiger partial charge in [0.2, 0.25) is 0 Å². The molecule has 1 N–H and O–H groups in total. The first kappa shape index (κ1) is 11.4. The highest BCUT2D eigenvalue weighted by Crippen LogP contribution is 2.14. The van der Waals surface area contributed by atoms with Gasteiger partial charge in [0.15, 0.2) is 0 Å². The van der Waals surface area contributed by atoms with Gasteiger partial charge in [-0.1, -0.05) is 0 Å². The fourth-order valence-electron chi connectivity index (χ4n) is 0.353. The summed E-state index contributed by atoms with van der Waals surface area (Å²) in [5, 5.41) is 0. The van der Waals surface area contributed by atoms with Crippen LogP contribution in [0, 0.1) is 5.41 Å². The van der Waals surface area contributed by atoms with Crippen LogP contribution in [0.5, 0.6) is 0 Å². The summed E-state index contributed by atoms with van der Waals surface area (Å²) < 4.78 is 0. The summed E-state index contributed by atoms with van der Waals surface area (Å²) in [6, 6.07) is 0. The zero-order valence-electron chi connectivity index (χ0n) is 8.82. The minimum absolute atomic E-state index is 0.194. The zero-order valence-corrected chi connectivity index (χ0v) is 8.82. The van der Waals surface area contributed by atoms with Gasteiger partial charge in [0.05, 0.1) is 5.41 Å². The van der Waals surface area contributed by atoms with Crippen molar-refractivity contribution in [2.45, 2.75) is 47.1 Å². The quantitative estimate of drug-likeness (QED) is 0.615. The molecule has 3 heteroatoms. The summed E-state index contributed by atoms with van der Waals surface area (Å²) >= 11 is 0.